The van der Waals surface area contributed by atoms with Crippen molar-refractivity contribution in [3.8, 4) is 0 Å². The standard InChI is InChI=1S/C19H25ClN4O/c1-15-18(20)13-24(21-15)14-19(25)22(2)11-16-7-3-4-8-17(16)12-23-9-5-6-10-23/h3-4,7-8,13H,5-6,9-12,14H2,1-2H3. The third-order valence-corrected chi connectivity index (χ3v) is 5.10. The molecule has 0 N–H and O–H groups in total. The molecule has 2 heterocycles. The summed E-state index contributed by atoms with van der Waals surface area (Å²) >= 11 is 6.01. The normalized spacial score (nSPS) is 14.8. The number of hydrogen-bond donors (Lipinski definition) is 0. The van der Waals surface area contributed by atoms with Crippen molar-refractivity contribution in [1.82, 2.24) is 19.6 Å². The van der Waals surface area contributed by atoms with Gasteiger partial charge in [0.15, 0.2) is 0 Å². The number of aryl methyl sites for hydroxylation is 1. The molecular weight excluding hydrogens is 336 g/mol. The van der Waals surface area contributed by atoms with E-state index >= 15 is 0 Å². The highest BCUT2D eigenvalue weighted by Crippen LogP contribution is 2.18. The quantitative estimate of drug-likeness (QED) is 0.794. The number of nitrogens with zero attached hydrogens (tertiary/aromatic N) is 4. The van der Waals surface area contributed by atoms with E-state index < -0.39 is 0 Å². The van der Waals surface area contributed by atoms with Gasteiger partial charge in [0.05, 0.1) is 10.7 Å². The summed E-state index contributed by atoms with van der Waals surface area (Å²) in [5, 5.41) is 4.85. The number of aromatic nitrogens is 2. The molecule has 1 amide bonds. The molecule has 5 nitrogen and oxygen atoms in total. The summed E-state index contributed by atoms with van der Waals surface area (Å²) in [6.07, 6.45) is 4.27. The van der Waals surface area contributed by atoms with E-state index in [1.807, 2.05) is 20.0 Å². The molecular formula is C19H25ClN4O. The molecule has 1 saturated heterocycles. The second kappa shape index (κ2) is 8.02. The van der Waals surface area contributed by atoms with Gasteiger partial charge in [-0.2, -0.15) is 5.10 Å². The Morgan fingerprint density at radius 2 is 1.92 bits per heavy atom. The zero-order valence-corrected chi connectivity index (χ0v) is 15.7. The van der Waals surface area contributed by atoms with Crippen LogP contribution in [0.25, 0.3) is 0 Å². The number of carbonyl (C=O) groups excluding carboxylic acids is 1. The summed E-state index contributed by atoms with van der Waals surface area (Å²) in [6.45, 7) is 5.95. The third kappa shape index (κ3) is 4.61. The molecule has 25 heavy (non-hydrogen) atoms. The zero-order chi connectivity index (χ0) is 17.8. The molecule has 6 heteroatoms. The molecule has 3 rings (SSSR count). The van der Waals surface area contributed by atoms with Crippen molar-refractivity contribution < 1.29 is 4.79 Å². The smallest absolute Gasteiger partial charge is 0.244 e. The molecule has 0 unspecified atom stereocenters. The van der Waals surface area contributed by atoms with Crippen molar-refractivity contribution in [2.24, 2.45) is 0 Å². The van der Waals surface area contributed by atoms with Crippen molar-refractivity contribution in [3.63, 3.8) is 0 Å². The van der Waals surface area contributed by atoms with Crippen molar-refractivity contribution in [2.45, 2.75) is 39.4 Å². The molecule has 1 aromatic heterocycles. The first-order valence-corrected chi connectivity index (χ1v) is 9.13. The van der Waals surface area contributed by atoms with Gasteiger partial charge in [-0.1, -0.05) is 35.9 Å². The number of halogens is 1. The lowest BCUT2D eigenvalue weighted by Gasteiger charge is -2.21. The van der Waals surface area contributed by atoms with Gasteiger partial charge in [0.2, 0.25) is 5.91 Å². The van der Waals surface area contributed by atoms with Crippen molar-refractivity contribution in [2.75, 3.05) is 20.1 Å². The monoisotopic (exact) mass is 360 g/mol. The van der Waals surface area contributed by atoms with Crippen LogP contribution >= 0.6 is 11.6 Å². The highest BCUT2D eigenvalue weighted by atomic mass is 35.5. The first-order valence-electron chi connectivity index (χ1n) is 8.75. The van der Waals surface area contributed by atoms with Gasteiger partial charge in [-0.25, -0.2) is 0 Å². The average Bonchev–Trinajstić information content (AvgIpc) is 3.19. The topological polar surface area (TPSA) is 41.4 Å². The Bertz CT molecular complexity index is 717. The number of carbonyl (C=O) groups is 1. The highest BCUT2D eigenvalue weighted by Gasteiger charge is 2.16. The van der Waals surface area contributed by atoms with Crippen LogP contribution in [0, 0.1) is 6.92 Å². The van der Waals surface area contributed by atoms with Gasteiger partial charge in [-0.05, 0) is 44.0 Å². The van der Waals surface area contributed by atoms with Gasteiger partial charge >= 0.3 is 0 Å². The predicted molar refractivity (Wildman–Crippen MR) is 99.4 cm³/mol. The fourth-order valence-corrected chi connectivity index (χ4v) is 3.38. The Balaban J connectivity index is 1.63. The second-order valence-electron chi connectivity index (χ2n) is 6.76. The number of likely N-dealkylation sites (N-methyl/N-ethyl adjacent to an activating group) is 1. The minimum absolute atomic E-state index is 0.0233. The molecule has 0 saturated carbocycles. The van der Waals surface area contributed by atoms with Crippen LogP contribution in [0.15, 0.2) is 30.5 Å². The molecule has 0 radical (unpaired) electrons. The minimum atomic E-state index is 0.0233. The van der Waals surface area contributed by atoms with Crippen LogP contribution in [0.4, 0.5) is 0 Å². The summed E-state index contributed by atoms with van der Waals surface area (Å²) < 4.78 is 1.60. The molecule has 0 spiro atoms. The van der Waals surface area contributed by atoms with Crippen LogP contribution in [0.2, 0.25) is 5.02 Å². The van der Waals surface area contributed by atoms with Crippen molar-refractivity contribution >= 4 is 17.5 Å². The van der Waals surface area contributed by atoms with E-state index in [0.29, 0.717) is 11.6 Å². The zero-order valence-electron chi connectivity index (χ0n) is 14.9. The van der Waals surface area contributed by atoms with E-state index in [1.165, 1.54) is 37.1 Å². The van der Waals surface area contributed by atoms with Crippen LogP contribution in [0.1, 0.15) is 29.7 Å². The van der Waals surface area contributed by atoms with Crippen LogP contribution in [-0.4, -0.2) is 45.6 Å². The van der Waals surface area contributed by atoms with E-state index in [9.17, 15) is 4.79 Å². The Kier molecular flexibility index (Phi) is 5.76. The van der Waals surface area contributed by atoms with E-state index in [-0.39, 0.29) is 12.5 Å². The molecule has 1 aliphatic rings. The van der Waals surface area contributed by atoms with E-state index in [4.69, 9.17) is 11.6 Å². The first-order chi connectivity index (χ1) is 12.0. The van der Waals surface area contributed by atoms with Crippen molar-refractivity contribution in [3.05, 3.63) is 52.3 Å². The van der Waals surface area contributed by atoms with Gasteiger partial charge in [0.1, 0.15) is 6.54 Å². The maximum absolute atomic E-state index is 12.5. The number of rotatable bonds is 6. The Morgan fingerprint density at radius 1 is 1.24 bits per heavy atom. The lowest BCUT2D eigenvalue weighted by Crippen LogP contribution is -2.30. The van der Waals surface area contributed by atoms with Gasteiger partial charge in [-0.3, -0.25) is 14.4 Å². The van der Waals surface area contributed by atoms with Crippen LogP contribution < -0.4 is 0 Å². The molecule has 1 aliphatic heterocycles. The summed E-state index contributed by atoms with van der Waals surface area (Å²) in [7, 11) is 1.84. The SMILES string of the molecule is Cc1nn(CC(=O)N(C)Cc2ccccc2CN2CCCC2)cc1Cl. The Morgan fingerprint density at radius 3 is 2.56 bits per heavy atom. The highest BCUT2D eigenvalue weighted by molar-refractivity contribution is 6.31. The molecule has 1 aromatic carbocycles. The summed E-state index contributed by atoms with van der Waals surface area (Å²) in [5.74, 6) is 0.0233. The molecule has 134 valence electrons. The Hall–Kier alpha value is -1.85. The van der Waals surface area contributed by atoms with Gasteiger partial charge in [-0.15, -0.1) is 0 Å². The van der Waals surface area contributed by atoms with E-state index in [0.717, 1.165) is 12.2 Å². The summed E-state index contributed by atoms with van der Waals surface area (Å²) in [4.78, 5) is 16.7. The van der Waals surface area contributed by atoms with Crippen LogP contribution in [0.3, 0.4) is 0 Å². The number of benzene rings is 1. The maximum Gasteiger partial charge on any atom is 0.244 e. The predicted octanol–water partition coefficient (Wildman–Crippen LogP) is 3.10. The Labute approximate surface area is 154 Å². The number of likely N-dealkylation sites (tertiary alicyclic amines) is 1. The maximum atomic E-state index is 12.5. The first kappa shape index (κ1) is 18.0. The number of hydrogen-bond acceptors (Lipinski definition) is 3. The van der Waals surface area contributed by atoms with Crippen LogP contribution in [-0.2, 0) is 24.4 Å². The van der Waals surface area contributed by atoms with Crippen LogP contribution in [0.5, 0.6) is 0 Å². The molecule has 2 aromatic rings. The largest absolute Gasteiger partial charge is 0.340 e. The molecule has 0 atom stereocenters. The second-order valence-corrected chi connectivity index (χ2v) is 7.17. The number of amides is 1. The average molecular weight is 361 g/mol. The summed E-state index contributed by atoms with van der Waals surface area (Å²) in [5.41, 5.74) is 3.26. The van der Waals surface area contributed by atoms with Gasteiger partial charge in [0.25, 0.3) is 0 Å². The fourth-order valence-electron chi connectivity index (χ4n) is 3.23. The van der Waals surface area contributed by atoms with Gasteiger partial charge < -0.3 is 4.90 Å². The minimum Gasteiger partial charge on any atom is -0.340 e. The lowest BCUT2D eigenvalue weighted by atomic mass is 10.1. The lowest BCUT2D eigenvalue weighted by molar-refractivity contribution is -0.131. The summed E-state index contributed by atoms with van der Waals surface area (Å²) in [6, 6.07) is 8.40. The van der Waals surface area contributed by atoms with Gasteiger partial charge in [0, 0.05) is 26.3 Å². The van der Waals surface area contributed by atoms with E-state index in [1.54, 1.807) is 15.8 Å². The molecule has 1 fully saturated rings. The van der Waals surface area contributed by atoms with E-state index in [2.05, 4.69) is 28.2 Å². The van der Waals surface area contributed by atoms with Crippen molar-refractivity contribution in [1.29, 1.82) is 0 Å². The molecule has 0 bridgehead atoms. The molecule has 0 aliphatic carbocycles. The third-order valence-electron chi connectivity index (χ3n) is 4.73. The fraction of sp³-hybridized carbons (Fsp3) is 0.474.